The van der Waals surface area contributed by atoms with Crippen molar-refractivity contribution in [3.05, 3.63) is 95.3 Å². The van der Waals surface area contributed by atoms with Crippen LogP contribution in [0.3, 0.4) is 0 Å². The molecule has 1 aromatic heterocycles. The van der Waals surface area contributed by atoms with E-state index in [1.807, 2.05) is 12.1 Å². The third-order valence-electron chi connectivity index (χ3n) is 5.98. The molecule has 4 aromatic rings. The standard InChI is InChI=1S/C29H34N2O/c1-21(2)19-24-13-15-25(16-14-24)23(4)29-30-27-11-5-6-12-28(27)31(29)17-8-18-32-26-10-7-9-22(3)20-26/h5-7,9-16,20-21,23H,8,17-19H2,1-4H3/t23-/m0/s1. The van der Waals surface area contributed by atoms with E-state index >= 15 is 0 Å². The van der Waals surface area contributed by atoms with Gasteiger partial charge in [0.2, 0.25) is 0 Å². The number of nitrogens with zero attached hydrogens (tertiary/aromatic N) is 2. The molecule has 0 aliphatic rings. The third-order valence-corrected chi connectivity index (χ3v) is 5.98. The van der Waals surface area contributed by atoms with Gasteiger partial charge >= 0.3 is 0 Å². The highest BCUT2D eigenvalue weighted by Gasteiger charge is 2.18. The van der Waals surface area contributed by atoms with E-state index in [0.29, 0.717) is 12.5 Å². The van der Waals surface area contributed by atoms with Crippen LogP contribution in [0.5, 0.6) is 5.75 Å². The topological polar surface area (TPSA) is 27.1 Å². The van der Waals surface area contributed by atoms with Crippen LogP contribution in [0.4, 0.5) is 0 Å². The monoisotopic (exact) mass is 426 g/mol. The summed E-state index contributed by atoms with van der Waals surface area (Å²) >= 11 is 0. The number of hydrogen-bond donors (Lipinski definition) is 0. The Hall–Kier alpha value is -3.07. The largest absolute Gasteiger partial charge is 0.494 e. The fraction of sp³-hybridized carbons (Fsp3) is 0.345. The number of hydrogen-bond acceptors (Lipinski definition) is 2. The quantitative estimate of drug-likeness (QED) is 0.265. The van der Waals surface area contributed by atoms with Gasteiger partial charge in [0.25, 0.3) is 0 Å². The molecule has 0 spiro atoms. The summed E-state index contributed by atoms with van der Waals surface area (Å²) in [5.74, 6) is 2.96. The smallest absolute Gasteiger partial charge is 0.119 e. The lowest BCUT2D eigenvalue weighted by Crippen LogP contribution is -2.11. The van der Waals surface area contributed by atoms with Crippen molar-refractivity contribution in [2.75, 3.05) is 6.61 Å². The van der Waals surface area contributed by atoms with Crippen molar-refractivity contribution in [2.24, 2.45) is 5.92 Å². The van der Waals surface area contributed by atoms with Crippen LogP contribution in [0.1, 0.15) is 55.6 Å². The van der Waals surface area contributed by atoms with Gasteiger partial charge in [-0.2, -0.15) is 0 Å². The fourth-order valence-corrected chi connectivity index (χ4v) is 4.34. The highest BCUT2D eigenvalue weighted by Crippen LogP contribution is 2.28. The van der Waals surface area contributed by atoms with Crippen LogP contribution >= 0.6 is 0 Å². The molecule has 0 bridgehead atoms. The number of benzene rings is 3. The molecule has 32 heavy (non-hydrogen) atoms. The Morgan fingerprint density at radius 3 is 2.44 bits per heavy atom. The number of para-hydroxylation sites is 2. The maximum atomic E-state index is 5.99. The van der Waals surface area contributed by atoms with Crippen molar-refractivity contribution < 1.29 is 4.74 Å². The Morgan fingerprint density at radius 2 is 1.69 bits per heavy atom. The summed E-state index contributed by atoms with van der Waals surface area (Å²) in [5.41, 5.74) is 6.19. The minimum Gasteiger partial charge on any atom is -0.494 e. The number of imidazole rings is 1. The lowest BCUT2D eigenvalue weighted by Gasteiger charge is -2.16. The zero-order valence-electron chi connectivity index (χ0n) is 19.7. The molecule has 3 aromatic carbocycles. The van der Waals surface area contributed by atoms with E-state index in [4.69, 9.17) is 9.72 Å². The zero-order valence-corrected chi connectivity index (χ0v) is 19.7. The molecule has 1 heterocycles. The number of ether oxygens (including phenoxy) is 1. The van der Waals surface area contributed by atoms with Gasteiger partial charge in [-0.3, -0.25) is 0 Å². The highest BCUT2D eigenvalue weighted by atomic mass is 16.5. The van der Waals surface area contributed by atoms with E-state index in [1.165, 1.54) is 22.2 Å². The summed E-state index contributed by atoms with van der Waals surface area (Å²) < 4.78 is 8.37. The first-order valence-electron chi connectivity index (χ1n) is 11.7. The van der Waals surface area contributed by atoms with E-state index in [1.54, 1.807) is 0 Å². The molecule has 0 saturated heterocycles. The molecule has 0 aliphatic carbocycles. The lowest BCUT2D eigenvalue weighted by atomic mass is 9.96. The second-order valence-corrected chi connectivity index (χ2v) is 9.19. The molecule has 3 heteroatoms. The molecule has 166 valence electrons. The van der Waals surface area contributed by atoms with Gasteiger partial charge in [0, 0.05) is 12.5 Å². The lowest BCUT2D eigenvalue weighted by molar-refractivity contribution is 0.301. The summed E-state index contributed by atoms with van der Waals surface area (Å²) in [6, 6.07) is 25.8. The molecule has 0 saturated carbocycles. The molecule has 0 aliphatic heterocycles. The van der Waals surface area contributed by atoms with Crippen LogP contribution in [-0.4, -0.2) is 16.2 Å². The summed E-state index contributed by atoms with van der Waals surface area (Å²) in [6.07, 6.45) is 2.05. The fourth-order valence-electron chi connectivity index (χ4n) is 4.34. The van der Waals surface area contributed by atoms with Crippen molar-refractivity contribution in [1.82, 2.24) is 9.55 Å². The average molecular weight is 427 g/mol. The van der Waals surface area contributed by atoms with Crippen molar-refractivity contribution in [3.8, 4) is 5.75 Å². The molecule has 0 amide bonds. The van der Waals surface area contributed by atoms with E-state index in [9.17, 15) is 0 Å². The molecule has 1 atom stereocenters. The maximum Gasteiger partial charge on any atom is 0.119 e. The SMILES string of the molecule is Cc1cccc(OCCCn2c([C@@H](C)c3ccc(CC(C)C)cc3)nc3ccccc32)c1. The first-order chi connectivity index (χ1) is 15.5. The predicted molar refractivity (Wildman–Crippen MR) is 134 cm³/mol. The predicted octanol–water partition coefficient (Wildman–Crippen LogP) is 7.16. The van der Waals surface area contributed by atoms with Gasteiger partial charge in [0.1, 0.15) is 11.6 Å². The van der Waals surface area contributed by atoms with Gasteiger partial charge in [0.15, 0.2) is 0 Å². The minimum absolute atomic E-state index is 0.230. The van der Waals surface area contributed by atoms with Crippen molar-refractivity contribution in [3.63, 3.8) is 0 Å². The van der Waals surface area contributed by atoms with Crippen LogP contribution in [0.25, 0.3) is 11.0 Å². The second kappa shape index (κ2) is 10.0. The van der Waals surface area contributed by atoms with E-state index in [0.717, 1.165) is 36.5 Å². The minimum atomic E-state index is 0.230. The molecule has 0 N–H and O–H groups in total. The van der Waals surface area contributed by atoms with Crippen LogP contribution in [-0.2, 0) is 13.0 Å². The first kappa shape index (κ1) is 22.1. The molecular weight excluding hydrogens is 392 g/mol. The van der Waals surface area contributed by atoms with E-state index < -0.39 is 0 Å². The Labute approximate surface area is 192 Å². The van der Waals surface area contributed by atoms with Crippen LogP contribution in [0, 0.1) is 12.8 Å². The Kier molecular flexibility index (Phi) is 6.94. The molecular formula is C29H34N2O. The second-order valence-electron chi connectivity index (χ2n) is 9.19. The Bertz CT molecular complexity index is 1160. The van der Waals surface area contributed by atoms with Gasteiger partial charge in [-0.25, -0.2) is 4.98 Å². The highest BCUT2D eigenvalue weighted by molar-refractivity contribution is 5.76. The van der Waals surface area contributed by atoms with Crippen LogP contribution in [0.2, 0.25) is 0 Å². The Balaban J connectivity index is 1.51. The first-order valence-corrected chi connectivity index (χ1v) is 11.7. The van der Waals surface area contributed by atoms with Gasteiger partial charge < -0.3 is 9.30 Å². The molecule has 3 nitrogen and oxygen atoms in total. The van der Waals surface area contributed by atoms with Crippen molar-refractivity contribution in [1.29, 1.82) is 0 Å². The average Bonchev–Trinajstić information content (AvgIpc) is 3.15. The summed E-state index contributed by atoms with van der Waals surface area (Å²) in [6.45, 7) is 10.5. The van der Waals surface area contributed by atoms with Crippen LogP contribution < -0.4 is 4.74 Å². The molecule has 0 fully saturated rings. The van der Waals surface area contributed by atoms with Gasteiger partial charge in [-0.1, -0.05) is 69.3 Å². The summed E-state index contributed by atoms with van der Waals surface area (Å²) in [7, 11) is 0. The van der Waals surface area contributed by atoms with E-state index in [-0.39, 0.29) is 5.92 Å². The van der Waals surface area contributed by atoms with Crippen molar-refractivity contribution >= 4 is 11.0 Å². The maximum absolute atomic E-state index is 5.99. The summed E-state index contributed by atoms with van der Waals surface area (Å²) in [5, 5.41) is 0. The molecule has 4 rings (SSSR count). The van der Waals surface area contributed by atoms with Gasteiger partial charge in [-0.05, 0) is 66.6 Å². The number of rotatable bonds is 9. The molecule has 0 radical (unpaired) electrons. The van der Waals surface area contributed by atoms with Crippen molar-refractivity contribution in [2.45, 2.75) is 53.0 Å². The summed E-state index contributed by atoms with van der Waals surface area (Å²) in [4.78, 5) is 5.03. The van der Waals surface area contributed by atoms with Gasteiger partial charge in [0.05, 0.1) is 17.6 Å². The third kappa shape index (κ3) is 5.21. The normalized spacial score (nSPS) is 12.4. The number of aromatic nitrogens is 2. The number of fused-ring (bicyclic) bond motifs is 1. The van der Waals surface area contributed by atoms with Crippen LogP contribution in [0.15, 0.2) is 72.8 Å². The Morgan fingerprint density at radius 1 is 0.906 bits per heavy atom. The van der Waals surface area contributed by atoms with E-state index in [2.05, 4.69) is 92.9 Å². The molecule has 0 unspecified atom stereocenters. The van der Waals surface area contributed by atoms with Gasteiger partial charge in [-0.15, -0.1) is 0 Å². The zero-order chi connectivity index (χ0) is 22.5. The number of aryl methyl sites for hydroxylation is 2.